The smallest absolute Gasteiger partial charge is 0.290 e. The molecule has 1 heterocycles. The Balaban J connectivity index is 2.29. The van der Waals surface area contributed by atoms with E-state index in [-0.39, 0.29) is 11.7 Å². The van der Waals surface area contributed by atoms with Gasteiger partial charge in [0.2, 0.25) is 5.82 Å². The minimum absolute atomic E-state index is 0.201. The maximum atomic E-state index is 11.3. The molecular formula is C8H15N5O. The van der Waals surface area contributed by atoms with E-state index < -0.39 is 0 Å². The van der Waals surface area contributed by atoms with Crippen LogP contribution in [0.5, 0.6) is 0 Å². The van der Waals surface area contributed by atoms with Crippen LogP contribution in [0.2, 0.25) is 0 Å². The van der Waals surface area contributed by atoms with Gasteiger partial charge in [-0.1, -0.05) is 0 Å². The lowest BCUT2D eigenvalue weighted by Crippen LogP contribution is -2.27. The third-order valence-corrected chi connectivity index (χ3v) is 1.69. The highest BCUT2D eigenvalue weighted by Gasteiger charge is 2.09. The number of aromatic nitrogens is 3. The Hall–Kier alpha value is -1.43. The zero-order valence-electron chi connectivity index (χ0n) is 8.42. The number of carbonyl (C=O) groups is 1. The Morgan fingerprint density at radius 3 is 2.86 bits per heavy atom. The Morgan fingerprint density at radius 1 is 1.50 bits per heavy atom. The molecule has 0 bridgehead atoms. The number of nitrogens with zero attached hydrogens (tertiary/aromatic N) is 2. The number of hydrogen-bond donors (Lipinski definition) is 3. The molecule has 6 nitrogen and oxygen atoms in total. The Kier molecular flexibility index (Phi) is 4.06. The van der Waals surface area contributed by atoms with Crippen molar-refractivity contribution in [2.75, 3.05) is 20.1 Å². The number of aryl methyl sites for hydroxylation is 1. The van der Waals surface area contributed by atoms with E-state index in [0.717, 1.165) is 13.0 Å². The van der Waals surface area contributed by atoms with Crippen LogP contribution in [0.3, 0.4) is 0 Å². The lowest BCUT2D eigenvalue weighted by molar-refractivity contribution is 0.0943. The maximum Gasteiger partial charge on any atom is 0.290 e. The van der Waals surface area contributed by atoms with Crippen LogP contribution in [0.25, 0.3) is 0 Å². The zero-order chi connectivity index (χ0) is 10.4. The van der Waals surface area contributed by atoms with Gasteiger partial charge in [0, 0.05) is 6.54 Å². The zero-order valence-corrected chi connectivity index (χ0v) is 8.42. The number of nitrogens with one attached hydrogen (secondary N) is 3. The Labute approximate surface area is 82.5 Å². The average molecular weight is 197 g/mol. The lowest BCUT2D eigenvalue weighted by atomic mass is 10.4. The van der Waals surface area contributed by atoms with E-state index in [9.17, 15) is 4.79 Å². The minimum atomic E-state index is -0.231. The fourth-order valence-electron chi connectivity index (χ4n) is 0.990. The van der Waals surface area contributed by atoms with Gasteiger partial charge in [-0.15, -0.1) is 5.10 Å². The highest BCUT2D eigenvalue weighted by atomic mass is 16.2. The van der Waals surface area contributed by atoms with Gasteiger partial charge in [0.15, 0.2) is 0 Å². The maximum absolute atomic E-state index is 11.3. The molecule has 0 spiro atoms. The van der Waals surface area contributed by atoms with Crippen molar-refractivity contribution in [2.45, 2.75) is 13.3 Å². The van der Waals surface area contributed by atoms with E-state index in [1.807, 2.05) is 7.05 Å². The summed E-state index contributed by atoms with van der Waals surface area (Å²) in [5, 5.41) is 12.1. The van der Waals surface area contributed by atoms with Crippen LogP contribution in [0.1, 0.15) is 22.9 Å². The quantitative estimate of drug-likeness (QED) is 0.553. The second kappa shape index (κ2) is 5.33. The molecule has 0 aliphatic carbocycles. The van der Waals surface area contributed by atoms with Crippen molar-refractivity contribution in [3.05, 3.63) is 11.6 Å². The molecule has 0 radical (unpaired) electrons. The molecule has 0 saturated carbocycles. The van der Waals surface area contributed by atoms with Crippen molar-refractivity contribution in [3.8, 4) is 0 Å². The molecule has 78 valence electrons. The van der Waals surface area contributed by atoms with E-state index in [1.54, 1.807) is 6.92 Å². The summed E-state index contributed by atoms with van der Waals surface area (Å²) in [6, 6.07) is 0. The number of H-pyrrole nitrogens is 1. The van der Waals surface area contributed by atoms with E-state index in [1.165, 1.54) is 0 Å². The molecule has 0 aliphatic heterocycles. The highest BCUT2D eigenvalue weighted by Crippen LogP contribution is 1.89. The molecule has 1 aromatic heterocycles. The van der Waals surface area contributed by atoms with Gasteiger partial charge in [0.25, 0.3) is 5.91 Å². The fraction of sp³-hybridized carbons (Fsp3) is 0.625. The summed E-state index contributed by atoms with van der Waals surface area (Å²) in [7, 11) is 1.88. The predicted molar refractivity (Wildman–Crippen MR) is 52.0 cm³/mol. The van der Waals surface area contributed by atoms with Crippen molar-refractivity contribution < 1.29 is 4.79 Å². The number of amides is 1. The van der Waals surface area contributed by atoms with Gasteiger partial charge in [0.1, 0.15) is 5.82 Å². The number of rotatable bonds is 5. The van der Waals surface area contributed by atoms with Gasteiger partial charge in [-0.25, -0.2) is 4.98 Å². The molecule has 0 saturated heterocycles. The van der Waals surface area contributed by atoms with Gasteiger partial charge < -0.3 is 10.6 Å². The summed E-state index contributed by atoms with van der Waals surface area (Å²) in [6.45, 7) is 3.27. The molecule has 1 rings (SSSR count). The van der Waals surface area contributed by atoms with Crippen LogP contribution in [0, 0.1) is 6.92 Å². The Bertz CT molecular complexity index is 296. The molecule has 0 fully saturated rings. The molecule has 1 aromatic rings. The van der Waals surface area contributed by atoms with E-state index in [0.29, 0.717) is 12.4 Å². The van der Waals surface area contributed by atoms with Crippen molar-refractivity contribution >= 4 is 5.91 Å². The molecule has 3 N–H and O–H groups in total. The SMILES string of the molecule is CNCCCNC(=O)c1n[nH]c(C)n1. The molecule has 0 atom stereocenters. The summed E-state index contributed by atoms with van der Waals surface area (Å²) in [6.07, 6.45) is 0.894. The Morgan fingerprint density at radius 2 is 2.29 bits per heavy atom. The summed E-state index contributed by atoms with van der Waals surface area (Å²) in [5.74, 6) is 0.614. The molecule has 0 aliphatic rings. The first-order chi connectivity index (χ1) is 6.74. The van der Waals surface area contributed by atoms with Crippen molar-refractivity contribution in [1.82, 2.24) is 25.8 Å². The number of aromatic amines is 1. The highest BCUT2D eigenvalue weighted by molar-refractivity contribution is 5.90. The van der Waals surface area contributed by atoms with Gasteiger partial charge >= 0.3 is 0 Å². The standard InChI is InChI=1S/C8H15N5O/c1-6-11-7(13-12-6)8(14)10-5-3-4-9-2/h9H,3-5H2,1-2H3,(H,10,14)(H,11,12,13). The van der Waals surface area contributed by atoms with E-state index in [4.69, 9.17) is 0 Å². The van der Waals surface area contributed by atoms with Crippen molar-refractivity contribution in [3.63, 3.8) is 0 Å². The monoisotopic (exact) mass is 197 g/mol. The molecule has 0 aromatic carbocycles. The second-order valence-electron chi connectivity index (χ2n) is 2.96. The topological polar surface area (TPSA) is 82.7 Å². The van der Waals surface area contributed by atoms with Gasteiger partial charge in [-0.2, -0.15) is 0 Å². The van der Waals surface area contributed by atoms with Crippen molar-refractivity contribution in [2.24, 2.45) is 0 Å². The minimum Gasteiger partial charge on any atom is -0.349 e. The lowest BCUT2D eigenvalue weighted by Gasteiger charge is -2.01. The number of carbonyl (C=O) groups excluding carboxylic acids is 1. The van der Waals surface area contributed by atoms with E-state index in [2.05, 4.69) is 25.8 Å². The van der Waals surface area contributed by atoms with Gasteiger partial charge in [-0.05, 0) is 26.9 Å². The summed E-state index contributed by atoms with van der Waals surface area (Å²) >= 11 is 0. The fourth-order valence-corrected chi connectivity index (χ4v) is 0.990. The third kappa shape index (κ3) is 3.14. The normalized spacial score (nSPS) is 10.1. The molecule has 1 amide bonds. The second-order valence-corrected chi connectivity index (χ2v) is 2.96. The summed E-state index contributed by atoms with van der Waals surface area (Å²) in [5.41, 5.74) is 0. The molecule has 6 heteroatoms. The first-order valence-corrected chi connectivity index (χ1v) is 4.56. The van der Waals surface area contributed by atoms with Crippen LogP contribution in [0.15, 0.2) is 0 Å². The van der Waals surface area contributed by atoms with Crippen molar-refractivity contribution in [1.29, 1.82) is 0 Å². The molecular weight excluding hydrogens is 182 g/mol. The third-order valence-electron chi connectivity index (χ3n) is 1.69. The van der Waals surface area contributed by atoms with Crippen LogP contribution in [-0.2, 0) is 0 Å². The van der Waals surface area contributed by atoms with Gasteiger partial charge in [0.05, 0.1) is 0 Å². The van der Waals surface area contributed by atoms with Crippen LogP contribution in [-0.4, -0.2) is 41.2 Å². The molecule has 14 heavy (non-hydrogen) atoms. The number of hydrogen-bond acceptors (Lipinski definition) is 4. The first kappa shape index (κ1) is 10.6. The van der Waals surface area contributed by atoms with Crippen LogP contribution in [0.4, 0.5) is 0 Å². The summed E-state index contributed by atoms with van der Waals surface area (Å²) in [4.78, 5) is 15.3. The molecule has 0 unspecified atom stereocenters. The van der Waals surface area contributed by atoms with Gasteiger partial charge in [-0.3, -0.25) is 9.89 Å². The predicted octanol–water partition coefficient (Wildman–Crippen LogP) is -0.548. The average Bonchev–Trinajstić information content (AvgIpc) is 2.59. The van der Waals surface area contributed by atoms with Crippen LogP contribution < -0.4 is 10.6 Å². The first-order valence-electron chi connectivity index (χ1n) is 4.56. The summed E-state index contributed by atoms with van der Waals surface area (Å²) < 4.78 is 0. The van der Waals surface area contributed by atoms with E-state index >= 15 is 0 Å². The largest absolute Gasteiger partial charge is 0.349 e. The van der Waals surface area contributed by atoms with Crippen LogP contribution >= 0.6 is 0 Å².